The molecular formula is C16H14N2O2. The van der Waals surface area contributed by atoms with Crippen LogP contribution in [0.5, 0.6) is 11.8 Å². The van der Waals surface area contributed by atoms with Gasteiger partial charge in [0.15, 0.2) is 0 Å². The van der Waals surface area contributed by atoms with Crippen molar-refractivity contribution in [1.82, 2.24) is 9.97 Å². The Bertz CT molecular complexity index is 711. The molecule has 0 bridgehead atoms. The molecule has 0 aliphatic rings. The minimum atomic E-state index is 0.147. The van der Waals surface area contributed by atoms with E-state index in [1.165, 1.54) is 0 Å². The topological polar surface area (TPSA) is 55.2 Å². The van der Waals surface area contributed by atoms with Crippen molar-refractivity contribution in [3.8, 4) is 11.8 Å². The van der Waals surface area contributed by atoms with Gasteiger partial charge in [0.1, 0.15) is 5.75 Å². The molecule has 0 unspecified atom stereocenters. The van der Waals surface area contributed by atoms with E-state index in [1.54, 1.807) is 6.20 Å². The van der Waals surface area contributed by atoms with Crippen molar-refractivity contribution in [2.24, 2.45) is 0 Å². The van der Waals surface area contributed by atoms with Crippen molar-refractivity contribution in [2.45, 2.75) is 6.42 Å². The summed E-state index contributed by atoms with van der Waals surface area (Å²) in [6, 6.07) is 15.6. The van der Waals surface area contributed by atoms with E-state index in [0.29, 0.717) is 18.2 Å². The van der Waals surface area contributed by atoms with Gasteiger partial charge in [-0.3, -0.25) is 0 Å². The summed E-state index contributed by atoms with van der Waals surface area (Å²) in [7, 11) is 0. The predicted molar refractivity (Wildman–Crippen MR) is 76.8 cm³/mol. The molecule has 100 valence electrons. The van der Waals surface area contributed by atoms with Crippen LogP contribution < -0.4 is 4.74 Å². The van der Waals surface area contributed by atoms with Gasteiger partial charge in [-0.25, -0.2) is 4.98 Å². The molecule has 4 heteroatoms. The third kappa shape index (κ3) is 2.75. The summed E-state index contributed by atoms with van der Waals surface area (Å²) in [5, 5.41) is 9.86. The highest BCUT2D eigenvalue weighted by atomic mass is 16.5. The van der Waals surface area contributed by atoms with Gasteiger partial charge < -0.3 is 9.84 Å². The van der Waals surface area contributed by atoms with Crippen LogP contribution in [0.1, 0.15) is 5.56 Å². The molecule has 2 aromatic carbocycles. The number of hydrogen-bond acceptors (Lipinski definition) is 4. The Labute approximate surface area is 116 Å². The van der Waals surface area contributed by atoms with Crippen molar-refractivity contribution in [3.05, 3.63) is 60.3 Å². The maximum absolute atomic E-state index is 8.87. The van der Waals surface area contributed by atoms with Crippen LogP contribution in [-0.2, 0) is 6.42 Å². The van der Waals surface area contributed by atoms with Crippen molar-refractivity contribution in [3.63, 3.8) is 0 Å². The molecule has 20 heavy (non-hydrogen) atoms. The number of para-hydroxylation sites is 1. The molecule has 0 saturated carbocycles. The fraction of sp³-hybridized carbons (Fsp3) is 0.125. The fourth-order valence-electron chi connectivity index (χ4n) is 1.96. The van der Waals surface area contributed by atoms with Crippen LogP contribution in [0.25, 0.3) is 10.9 Å². The normalized spacial score (nSPS) is 10.7. The van der Waals surface area contributed by atoms with Crippen LogP contribution in [-0.4, -0.2) is 21.7 Å². The SMILES string of the molecule is OCCc1ccc(Oc2ncc3ccccc3n2)cc1. The Hall–Kier alpha value is -2.46. The summed E-state index contributed by atoms with van der Waals surface area (Å²) in [4.78, 5) is 8.54. The lowest BCUT2D eigenvalue weighted by Crippen LogP contribution is -1.93. The average Bonchev–Trinajstić information content (AvgIpc) is 2.49. The molecular weight excluding hydrogens is 252 g/mol. The van der Waals surface area contributed by atoms with E-state index >= 15 is 0 Å². The van der Waals surface area contributed by atoms with Gasteiger partial charge in [-0.05, 0) is 30.2 Å². The molecule has 0 fully saturated rings. The molecule has 4 nitrogen and oxygen atoms in total. The Morgan fingerprint density at radius 3 is 2.60 bits per heavy atom. The third-order valence-corrected chi connectivity index (χ3v) is 3.00. The van der Waals surface area contributed by atoms with E-state index in [9.17, 15) is 0 Å². The highest BCUT2D eigenvalue weighted by molar-refractivity contribution is 5.77. The lowest BCUT2D eigenvalue weighted by Gasteiger charge is -2.05. The van der Waals surface area contributed by atoms with Gasteiger partial charge in [-0.1, -0.05) is 30.3 Å². The van der Waals surface area contributed by atoms with Crippen molar-refractivity contribution < 1.29 is 9.84 Å². The van der Waals surface area contributed by atoms with Crippen molar-refractivity contribution in [1.29, 1.82) is 0 Å². The van der Waals surface area contributed by atoms with Gasteiger partial charge in [0, 0.05) is 18.2 Å². The number of hydrogen-bond donors (Lipinski definition) is 1. The van der Waals surface area contributed by atoms with Crippen LogP contribution in [0.3, 0.4) is 0 Å². The van der Waals surface area contributed by atoms with Gasteiger partial charge in [0.05, 0.1) is 5.52 Å². The maximum Gasteiger partial charge on any atom is 0.322 e. The van der Waals surface area contributed by atoms with E-state index < -0.39 is 0 Å². The average molecular weight is 266 g/mol. The molecule has 0 amide bonds. The number of aliphatic hydroxyl groups is 1. The third-order valence-electron chi connectivity index (χ3n) is 3.00. The smallest absolute Gasteiger partial charge is 0.322 e. The first kappa shape index (κ1) is 12.6. The molecule has 0 spiro atoms. The fourth-order valence-corrected chi connectivity index (χ4v) is 1.96. The molecule has 1 N–H and O–H groups in total. The highest BCUT2D eigenvalue weighted by Crippen LogP contribution is 2.20. The van der Waals surface area contributed by atoms with Crippen molar-refractivity contribution >= 4 is 10.9 Å². The van der Waals surface area contributed by atoms with Crippen LogP contribution in [0, 0.1) is 0 Å². The largest absolute Gasteiger partial charge is 0.424 e. The maximum atomic E-state index is 8.87. The molecule has 0 aliphatic heterocycles. The van der Waals surface area contributed by atoms with Crippen LogP contribution in [0.2, 0.25) is 0 Å². The number of aliphatic hydroxyl groups excluding tert-OH is 1. The number of nitrogens with zero attached hydrogens (tertiary/aromatic N) is 2. The Morgan fingerprint density at radius 2 is 1.80 bits per heavy atom. The standard InChI is InChI=1S/C16H14N2O2/c19-10-9-12-5-7-14(8-6-12)20-16-17-11-13-3-1-2-4-15(13)18-16/h1-8,11,19H,9-10H2. The Kier molecular flexibility index (Phi) is 3.56. The van der Waals surface area contributed by atoms with Crippen LogP contribution >= 0.6 is 0 Å². The lowest BCUT2D eigenvalue weighted by molar-refractivity contribution is 0.299. The van der Waals surface area contributed by atoms with Gasteiger partial charge in [0.2, 0.25) is 0 Å². The van der Waals surface area contributed by atoms with Gasteiger partial charge in [-0.2, -0.15) is 4.98 Å². The predicted octanol–water partition coefficient (Wildman–Crippen LogP) is 2.96. The molecule has 0 atom stereocenters. The van der Waals surface area contributed by atoms with Gasteiger partial charge in [-0.15, -0.1) is 0 Å². The van der Waals surface area contributed by atoms with E-state index in [4.69, 9.17) is 9.84 Å². The van der Waals surface area contributed by atoms with E-state index in [1.807, 2.05) is 48.5 Å². The minimum Gasteiger partial charge on any atom is -0.424 e. The highest BCUT2D eigenvalue weighted by Gasteiger charge is 2.02. The molecule has 1 aromatic heterocycles. The summed E-state index contributed by atoms with van der Waals surface area (Å²) in [5.41, 5.74) is 1.92. The number of rotatable bonds is 4. The van der Waals surface area contributed by atoms with E-state index in [0.717, 1.165) is 16.5 Å². The quantitative estimate of drug-likeness (QED) is 0.788. The van der Waals surface area contributed by atoms with Gasteiger partial charge >= 0.3 is 6.01 Å². The molecule has 0 radical (unpaired) electrons. The second-order valence-corrected chi connectivity index (χ2v) is 4.43. The second-order valence-electron chi connectivity index (χ2n) is 4.43. The first-order valence-electron chi connectivity index (χ1n) is 6.44. The molecule has 0 saturated heterocycles. The lowest BCUT2D eigenvalue weighted by atomic mass is 10.1. The Morgan fingerprint density at radius 1 is 1.00 bits per heavy atom. The summed E-state index contributed by atoms with van der Waals surface area (Å²) >= 11 is 0. The first-order chi connectivity index (χ1) is 9.85. The first-order valence-corrected chi connectivity index (χ1v) is 6.44. The second kappa shape index (κ2) is 5.67. The molecule has 3 aromatic rings. The monoisotopic (exact) mass is 266 g/mol. The summed E-state index contributed by atoms with van der Waals surface area (Å²) in [6.45, 7) is 0.147. The van der Waals surface area contributed by atoms with Crippen molar-refractivity contribution in [2.75, 3.05) is 6.61 Å². The molecule has 1 heterocycles. The summed E-state index contributed by atoms with van der Waals surface area (Å²) in [6.07, 6.45) is 2.39. The van der Waals surface area contributed by atoms with E-state index in [2.05, 4.69) is 9.97 Å². The Balaban J connectivity index is 1.81. The van der Waals surface area contributed by atoms with Crippen LogP contribution in [0.15, 0.2) is 54.7 Å². The number of fused-ring (bicyclic) bond motifs is 1. The number of ether oxygens (including phenoxy) is 1. The summed E-state index contributed by atoms with van der Waals surface area (Å²) < 4.78 is 5.63. The zero-order valence-corrected chi connectivity index (χ0v) is 10.9. The summed E-state index contributed by atoms with van der Waals surface area (Å²) in [5.74, 6) is 0.682. The van der Waals surface area contributed by atoms with Gasteiger partial charge in [0.25, 0.3) is 0 Å². The molecule has 0 aliphatic carbocycles. The molecule has 3 rings (SSSR count). The minimum absolute atomic E-state index is 0.147. The van der Waals surface area contributed by atoms with E-state index in [-0.39, 0.29) is 6.61 Å². The number of aromatic nitrogens is 2. The zero-order valence-electron chi connectivity index (χ0n) is 10.9. The van der Waals surface area contributed by atoms with Crippen LogP contribution in [0.4, 0.5) is 0 Å². The number of benzene rings is 2. The zero-order chi connectivity index (χ0) is 13.8.